The van der Waals surface area contributed by atoms with Gasteiger partial charge in [0.05, 0.1) is 18.1 Å². The average Bonchev–Trinajstić information content (AvgIpc) is 2.46. The molecule has 1 aromatic heterocycles. The van der Waals surface area contributed by atoms with Crippen molar-refractivity contribution in [2.45, 2.75) is 20.8 Å². The van der Waals surface area contributed by atoms with Crippen LogP contribution in [0.4, 0.5) is 5.69 Å². The molecule has 0 aliphatic carbocycles. The average molecular weight is 246 g/mol. The summed E-state index contributed by atoms with van der Waals surface area (Å²) in [4.78, 5) is 14.4. The maximum atomic E-state index is 11.5. The van der Waals surface area contributed by atoms with Crippen LogP contribution in [0, 0.1) is 12.3 Å². The standard InChI is InChI=1S/C10H15N3O2.ClH/c1-4-15-10(14)9-8(13-7(3)11)5-6(2)12-9;/h5,12H,4H2,1-3H3,(H2,11,13);1H. The highest BCUT2D eigenvalue weighted by atomic mass is 35.5. The lowest BCUT2D eigenvalue weighted by molar-refractivity contribution is 0.0521. The number of esters is 1. The molecule has 6 heteroatoms. The van der Waals surface area contributed by atoms with E-state index in [1.165, 1.54) is 0 Å². The first-order valence-electron chi connectivity index (χ1n) is 4.73. The summed E-state index contributed by atoms with van der Waals surface area (Å²) >= 11 is 0. The number of ether oxygens (including phenoxy) is 1. The third-order valence-electron chi connectivity index (χ3n) is 1.75. The van der Waals surface area contributed by atoms with Crippen molar-refractivity contribution in [3.05, 3.63) is 17.5 Å². The molecule has 0 spiro atoms. The Morgan fingerprint density at radius 1 is 1.62 bits per heavy atom. The van der Waals surface area contributed by atoms with Gasteiger partial charge in [-0.2, -0.15) is 0 Å². The maximum Gasteiger partial charge on any atom is 0.356 e. The first kappa shape index (κ1) is 14.5. The summed E-state index contributed by atoms with van der Waals surface area (Å²) in [5, 5.41) is 10.1. The maximum absolute atomic E-state index is 11.5. The Hall–Kier alpha value is -1.49. The van der Waals surface area contributed by atoms with Crippen molar-refractivity contribution < 1.29 is 9.53 Å². The number of nitrogens with one attached hydrogen (secondary N) is 3. The van der Waals surface area contributed by atoms with E-state index >= 15 is 0 Å². The summed E-state index contributed by atoms with van der Waals surface area (Å²) in [6.45, 7) is 5.53. The van der Waals surface area contributed by atoms with Gasteiger partial charge in [0.2, 0.25) is 0 Å². The number of aromatic amines is 1. The molecule has 1 aromatic rings. The zero-order chi connectivity index (χ0) is 11.4. The van der Waals surface area contributed by atoms with Gasteiger partial charge >= 0.3 is 5.97 Å². The number of carbonyl (C=O) groups is 1. The molecule has 0 amide bonds. The molecule has 1 heterocycles. The summed E-state index contributed by atoms with van der Waals surface area (Å²) in [7, 11) is 0. The molecule has 0 saturated heterocycles. The van der Waals surface area contributed by atoms with Crippen molar-refractivity contribution in [3.63, 3.8) is 0 Å². The summed E-state index contributed by atoms with van der Waals surface area (Å²) < 4.78 is 4.88. The van der Waals surface area contributed by atoms with E-state index in [1.807, 2.05) is 6.92 Å². The van der Waals surface area contributed by atoms with Crippen LogP contribution in [0.3, 0.4) is 0 Å². The Labute approximate surface area is 100 Å². The molecule has 0 saturated carbocycles. The third kappa shape index (κ3) is 3.58. The summed E-state index contributed by atoms with van der Waals surface area (Å²) in [6, 6.07) is 1.77. The number of rotatable bonds is 3. The van der Waals surface area contributed by atoms with Gasteiger partial charge < -0.3 is 15.0 Å². The van der Waals surface area contributed by atoms with Crippen LogP contribution < -0.4 is 5.32 Å². The van der Waals surface area contributed by atoms with Crippen LogP contribution in [0.5, 0.6) is 0 Å². The molecule has 3 N–H and O–H groups in total. The second kappa shape index (κ2) is 6.17. The van der Waals surface area contributed by atoms with Crippen molar-refractivity contribution in [1.29, 1.82) is 5.41 Å². The normalized spacial score (nSPS) is 9.19. The summed E-state index contributed by atoms with van der Waals surface area (Å²) in [5.41, 5.74) is 1.79. The lowest BCUT2D eigenvalue weighted by Gasteiger charge is -2.04. The molecule has 0 aliphatic rings. The van der Waals surface area contributed by atoms with Crippen molar-refractivity contribution in [3.8, 4) is 0 Å². The van der Waals surface area contributed by atoms with E-state index < -0.39 is 5.97 Å². The molecule has 0 aliphatic heterocycles. The highest BCUT2D eigenvalue weighted by Crippen LogP contribution is 2.17. The highest BCUT2D eigenvalue weighted by molar-refractivity contribution is 6.00. The van der Waals surface area contributed by atoms with Crippen LogP contribution in [0.2, 0.25) is 0 Å². The predicted octanol–water partition coefficient (Wildman–Crippen LogP) is 2.33. The number of aryl methyl sites for hydroxylation is 1. The fourth-order valence-corrected chi connectivity index (χ4v) is 1.25. The van der Waals surface area contributed by atoms with E-state index in [0.29, 0.717) is 18.0 Å². The smallest absolute Gasteiger partial charge is 0.356 e. The molecule has 0 atom stereocenters. The van der Waals surface area contributed by atoms with Gasteiger partial charge in [-0.1, -0.05) is 0 Å². The number of hydrogen-bond acceptors (Lipinski definition) is 3. The van der Waals surface area contributed by atoms with Crippen molar-refractivity contribution >= 4 is 29.9 Å². The lowest BCUT2D eigenvalue weighted by atomic mass is 10.3. The van der Waals surface area contributed by atoms with E-state index in [9.17, 15) is 4.79 Å². The second-order valence-corrected chi connectivity index (χ2v) is 3.21. The van der Waals surface area contributed by atoms with Crippen molar-refractivity contribution in [1.82, 2.24) is 4.98 Å². The Bertz CT molecular complexity index is 387. The van der Waals surface area contributed by atoms with E-state index in [1.54, 1.807) is 19.9 Å². The number of aromatic nitrogens is 1. The van der Waals surface area contributed by atoms with Gasteiger partial charge in [0, 0.05) is 5.69 Å². The number of H-pyrrole nitrogens is 1. The van der Waals surface area contributed by atoms with Crippen LogP contribution in [0.15, 0.2) is 6.07 Å². The van der Waals surface area contributed by atoms with E-state index in [-0.39, 0.29) is 18.2 Å². The molecule has 16 heavy (non-hydrogen) atoms. The number of anilines is 1. The monoisotopic (exact) mass is 245 g/mol. The number of carbonyl (C=O) groups excluding carboxylic acids is 1. The third-order valence-corrected chi connectivity index (χ3v) is 1.75. The zero-order valence-corrected chi connectivity index (χ0v) is 10.3. The van der Waals surface area contributed by atoms with Crippen LogP contribution in [0.1, 0.15) is 30.0 Å². The highest BCUT2D eigenvalue weighted by Gasteiger charge is 2.15. The number of hydrogen-bond donors (Lipinski definition) is 3. The minimum Gasteiger partial charge on any atom is -0.461 e. The molecular weight excluding hydrogens is 230 g/mol. The first-order chi connectivity index (χ1) is 7.04. The Kier molecular flexibility index (Phi) is 5.60. The van der Waals surface area contributed by atoms with Crippen LogP contribution >= 0.6 is 12.4 Å². The number of halogens is 1. The van der Waals surface area contributed by atoms with Gasteiger partial charge in [0.25, 0.3) is 0 Å². The van der Waals surface area contributed by atoms with Gasteiger partial charge in [0.1, 0.15) is 5.69 Å². The molecule has 5 nitrogen and oxygen atoms in total. The fourth-order valence-electron chi connectivity index (χ4n) is 1.25. The second-order valence-electron chi connectivity index (χ2n) is 3.21. The van der Waals surface area contributed by atoms with Crippen molar-refractivity contribution in [2.75, 3.05) is 11.9 Å². The molecule has 0 aromatic carbocycles. The predicted molar refractivity (Wildman–Crippen MR) is 65.8 cm³/mol. The Morgan fingerprint density at radius 2 is 2.25 bits per heavy atom. The van der Waals surface area contributed by atoms with Gasteiger partial charge in [-0.15, -0.1) is 12.4 Å². The lowest BCUT2D eigenvalue weighted by Crippen LogP contribution is -2.11. The van der Waals surface area contributed by atoms with Crippen LogP contribution in [0.25, 0.3) is 0 Å². The van der Waals surface area contributed by atoms with Crippen LogP contribution in [-0.4, -0.2) is 23.4 Å². The molecule has 0 unspecified atom stereocenters. The SMILES string of the molecule is CCOC(=O)c1[nH]c(C)cc1NC(C)=N.Cl. The quantitative estimate of drug-likeness (QED) is 0.435. The van der Waals surface area contributed by atoms with E-state index in [0.717, 1.165) is 5.69 Å². The molecular formula is C10H16ClN3O2. The Balaban J connectivity index is 0.00000225. The minimum atomic E-state index is -0.408. The molecule has 90 valence electrons. The summed E-state index contributed by atoms with van der Waals surface area (Å²) in [5.74, 6) is -0.131. The Morgan fingerprint density at radius 3 is 2.75 bits per heavy atom. The van der Waals surface area contributed by atoms with Crippen molar-refractivity contribution in [2.24, 2.45) is 0 Å². The molecule has 0 fully saturated rings. The van der Waals surface area contributed by atoms with E-state index in [2.05, 4.69) is 10.3 Å². The zero-order valence-electron chi connectivity index (χ0n) is 9.51. The largest absolute Gasteiger partial charge is 0.461 e. The first-order valence-corrected chi connectivity index (χ1v) is 4.73. The molecule has 1 rings (SSSR count). The molecule has 0 radical (unpaired) electrons. The minimum absolute atomic E-state index is 0. The fraction of sp³-hybridized carbons (Fsp3) is 0.400. The van der Waals surface area contributed by atoms with E-state index in [4.69, 9.17) is 10.1 Å². The summed E-state index contributed by atoms with van der Waals surface area (Å²) in [6.07, 6.45) is 0. The number of amidine groups is 1. The molecule has 0 bridgehead atoms. The van der Waals surface area contributed by atoms with Gasteiger partial charge in [0.15, 0.2) is 0 Å². The van der Waals surface area contributed by atoms with Gasteiger partial charge in [-0.05, 0) is 26.8 Å². The topological polar surface area (TPSA) is 78.0 Å². The van der Waals surface area contributed by atoms with Gasteiger partial charge in [-0.25, -0.2) is 4.79 Å². The van der Waals surface area contributed by atoms with Crippen LogP contribution in [-0.2, 0) is 4.74 Å². The van der Waals surface area contributed by atoms with Gasteiger partial charge in [-0.3, -0.25) is 5.41 Å².